The molecule has 0 radical (unpaired) electrons. The van der Waals surface area contributed by atoms with E-state index >= 15 is 0 Å². The Labute approximate surface area is 94.1 Å². The number of methoxy groups -OCH3 is 1. The van der Waals surface area contributed by atoms with Crippen LogP contribution in [0, 0.1) is 0 Å². The van der Waals surface area contributed by atoms with Crippen LogP contribution in [0.3, 0.4) is 0 Å². The molecule has 1 aromatic heterocycles. The summed E-state index contributed by atoms with van der Waals surface area (Å²) in [5.74, 6) is 0.901. The molecular formula is C12H16O2Sn. The summed E-state index contributed by atoms with van der Waals surface area (Å²) >= 11 is -2.09. The fourth-order valence-electron chi connectivity index (χ4n) is 1.58. The quantitative estimate of drug-likeness (QED) is 0.796. The van der Waals surface area contributed by atoms with E-state index in [1.165, 1.54) is 3.78 Å². The van der Waals surface area contributed by atoms with Crippen LogP contribution in [0.4, 0.5) is 0 Å². The first kappa shape index (κ1) is 10.9. The Bertz CT molecular complexity index is 480. The summed E-state index contributed by atoms with van der Waals surface area (Å²) in [5.41, 5.74) is 0.941. The summed E-state index contributed by atoms with van der Waals surface area (Å²) in [6, 6.07) is 8.09. The van der Waals surface area contributed by atoms with E-state index in [1.54, 1.807) is 7.11 Å². The maximum atomic E-state index is 5.89. The van der Waals surface area contributed by atoms with Gasteiger partial charge in [0.2, 0.25) is 0 Å². The Kier molecular flexibility index (Phi) is 2.71. The number of hydrogen-bond acceptors (Lipinski definition) is 2. The van der Waals surface area contributed by atoms with Gasteiger partial charge in [-0.05, 0) is 0 Å². The average Bonchev–Trinajstić information content (AvgIpc) is 2.59. The molecular weight excluding hydrogens is 295 g/mol. The third kappa shape index (κ3) is 2.00. The molecule has 3 heteroatoms. The molecule has 80 valence electrons. The van der Waals surface area contributed by atoms with Crippen molar-refractivity contribution < 1.29 is 9.15 Å². The standard InChI is InChI=1S/C9H7O2.3CH3.Sn/c1-10-8-3-2-4-9-7(8)5-6-11-9;;;;/h2-5H,1H3;3*1H3;. The van der Waals surface area contributed by atoms with Crippen molar-refractivity contribution in [2.75, 3.05) is 7.11 Å². The van der Waals surface area contributed by atoms with Gasteiger partial charge in [0.25, 0.3) is 0 Å². The van der Waals surface area contributed by atoms with E-state index in [0.29, 0.717) is 0 Å². The van der Waals surface area contributed by atoms with Gasteiger partial charge in [-0.3, -0.25) is 0 Å². The topological polar surface area (TPSA) is 22.4 Å². The summed E-state index contributed by atoms with van der Waals surface area (Å²) in [4.78, 5) is 7.04. The molecule has 0 aliphatic rings. The third-order valence-corrected chi connectivity index (χ3v) is 7.40. The summed E-state index contributed by atoms with van der Waals surface area (Å²) < 4.78 is 12.4. The van der Waals surface area contributed by atoms with Gasteiger partial charge in [0.1, 0.15) is 0 Å². The molecule has 0 atom stereocenters. The zero-order valence-electron chi connectivity index (χ0n) is 9.63. The number of hydrogen-bond donors (Lipinski definition) is 0. The minimum absolute atomic E-state index is 0.901. The third-order valence-electron chi connectivity index (χ3n) is 2.48. The van der Waals surface area contributed by atoms with Crippen LogP contribution in [0.2, 0.25) is 14.8 Å². The second-order valence-corrected chi connectivity index (χ2v) is 19.0. The Balaban J connectivity index is 2.65. The van der Waals surface area contributed by atoms with Crippen LogP contribution in [-0.2, 0) is 0 Å². The molecule has 0 fully saturated rings. The van der Waals surface area contributed by atoms with Gasteiger partial charge >= 0.3 is 94.2 Å². The van der Waals surface area contributed by atoms with Crippen molar-refractivity contribution in [1.29, 1.82) is 0 Å². The van der Waals surface area contributed by atoms with Gasteiger partial charge in [-0.2, -0.15) is 0 Å². The van der Waals surface area contributed by atoms with E-state index in [2.05, 4.69) is 20.9 Å². The average molecular weight is 311 g/mol. The van der Waals surface area contributed by atoms with Crippen molar-refractivity contribution in [2.45, 2.75) is 14.8 Å². The molecule has 0 saturated carbocycles. The van der Waals surface area contributed by atoms with Crippen molar-refractivity contribution >= 4 is 33.1 Å². The molecule has 0 aliphatic heterocycles. The van der Waals surface area contributed by atoms with Gasteiger partial charge in [-0.25, -0.2) is 0 Å². The second-order valence-electron chi connectivity index (χ2n) is 4.73. The molecule has 1 heterocycles. The Hall–Kier alpha value is -0.641. The summed E-state index contributed by atoms with van der Waals surface area (Å²) in [5, 5.41) is 1.10. The summed E-state index contributed by atoms with van der Waals surface area (Å²) in [7, 11) is 1.70. The van der Waals surface area contributed by atoms with Crippen LogP contribution in [0.25, 0.3) is 11.0 Å². The summed E-state index contributed by atoms with van der Waals surface area (Å²) in [6.07, 6.45) is 0. The van der Waals surface area contributed by atoms with Crippen molar-refractivity contribution in [1.82, 2.24) is 0 Å². The van der Waals surface area contributed by atoms with E-state index in [1.807, 2.05) is 18.2 Å². The van der Waals surface area contributed by atoms with Gasteiger partial charge < -0.3 is 0 Å². The zero-order chi connectivity index (χ0) is 11.1. The molecule has 2 rings (SSSR count). The number of ether oxygens (including phenoxy) is 1. The summed E-state index contributed by atoms with van der Waals surface area (Å²) in [6.45, 7) is 0. The molecule has 0 N–H and O–H groups in total. The molecule has 15 heavy (non-hydrogen) atoms. The van der Waals surface area contributed by atoms with E-state index < -0.39 is 18.4 Å². The van der Waals surface area contributed by atoms with Crippen LogP contribution in [-0.4, -0.2) is 25.5 Å². The number of rotatable bonds is 2. The van der Waals surface area contributed by atoms with Gasteiger partial charge in [-0.1, -0.05) is 0 Å². The molecule has 1 aromatic carbocycles. The molecule has 2 nitrogen and oxygen atoms in total. The first-order valence-electron chi connectivity index (χ1n) is 5.09. The Morgan fingerprint density at radius 1 is 1.20 bits per heavy atom. The monoisotopic (exact) mass is 312 g/mol. The zero-order valence-corrected chi connectivity index (χ0v) is 12.5. The van der Waals surface area contributed by atoms with Crippen molar-refractivity contribution in [3.8, 4) is 5.75 Å². The minimum atomic E-state index is -2.09. The van der Waals surface area contributed by atoms with Crippen molar-refractivity contribution in [3.05, 3.63) is 24.3 Å². The second kappa shape index (κ2) is 3.74. The van der Waals surface area contributed by atoms with Crippen molar-refractivity contribution in [2.24, 2.45) is 0 Å². The number of fused-ring (bicyclic) bond motifs is 1. The van der Waals surface area contributed by atoms with Crippen LogP contribution in [0.5, 0.6) is 5.75 Å². The van der Waals surface area contributed by atoms with Crippen LogP contribution in [0.1, 0.15) is 0 Å². The Morgan fingerprint density at radius 2 is 1.93 bits per heavy atom. The molecule has 0 saturated heterocycles. The van der Waals surface area contributed by atoms with Crippen LogP contribution < -0.4 is 8.51 Å². The first-order chi connectivity index (χ1) is 7.02. The normalized spacial score (nSPS) is 12.0. The van der Waals surface area contributed by atoms with Gasteiger partial charge in [-0.15, -0.1) is 0 Å². The van der Waals surface area contributed by atoms with Crippen LogP contribution in [0.15, 0.2) is 28.7 Å². The predicted octanol–water partition coefficient (Wildman–Crippen LogP) is 2.99. The van der Waals surface area contributed by atoms with E-state index in [-0.39, 0.29) is 0 Å². The van der Waals surface area contributed by atoms with E-state index in [4.69, 9.17) is 9.15 Å². The number of furan rings is 1. The molecule has 0 spiro atoms. The van der Waals surface area contributed by atoms with E-state index in [0.717, 1.165) is 16.7 Å². The number of benzene rings is 1. The fraction of sp³-hybridized carbons (Fsp3) is 0.333. The van der Waals surface area contributed by atoms with E-state index in [9.17, 15) is 0 Å². The Morgan fingerprint density at radius 3 is 2.53 bits per heavy atom. The molecule has 2 aromatic rings. The SMILES string of the molecule is COc1cccc2o[c]([Sn]([CH3])([CH3])[CH3])cc12. The maximum absolute atomic E-state index is 5.89. The van der Waals surface area contributed by atoms with Crippen LogP contribution >= 0.6 is 0 Å². The van der Waals surface area contributed by atoms with Gasteiger partial charge in [0.05, 0.1) is 0 Å². The first-order valence-corrected chi connectivity index (χ1v) is 15.1. The van der Waals surface area contributed by atoms with Gasteiger partial charge in [0.15, 0.2) is 0 Å². The fourth-order valence-corrected chi connectivity index (χ4v) is 4.42. The predicted molar refractivity (Wildman–Crippen MR) is 65.7 cm³/mol. The molecule has 0 amide bonds. The molecule has 0 unspecified atom stereocenters. The van der Waals surface area contributed by atoms with Crippen molar-refractivity contribution in [3.63, 3.8) is 0 Å². The molecule has 0 bridgehead atoms. The molecule has 0 aliphatic carbocycles. The van der Waals surface area contributed by atoms with Gasteiger partial charge in [0, 0.05) is 0 Å².